The Morgan fingerprint density at radius 3 is 2.24 bits per heavy atom. The van der Waals surface area contributed by atoms with Gasteiger partial charge in [-0.3, -0.25) is 9.59 Å². The van der Waals surface area contributed by atoms with E-state index in [1.807, 2.05) is 24.4 Å². The lowest BCUT2D eigenvalue weighted by Crippen LogP contribution is -2.45. The summed E-state index contributed by atoms with van der Waals surface area (Å²) in [7, 11) is 2.60. The zero-order chi connectivity index (χ0) is 15.2. The summed E-state index contributed by atoms with van der Waals surface area (Å²) in [6.07, 6.45) is 0. The minimum absolute atomic E-state index is 0.348. The Labute approximate surface area is 126 Å². The van der Waals surface area contributed by atoms with Crippen LogP contribution < -0.4 is 0 Å². The van der Waals surface area contributed by atoms with E-state index in [4.69, 9.17) is 9.47 Å². The summed E-state index contributed by atoms with van der Waals surface area (Å²) < 4.78 is 10.2. The molecule has 2 aromatic rings. The summed E-state index contributed by atoms with van der Waals surface area (Å²) in [5.74, 6) is -2.71. The monoisotopic (exact) mass is 302 g/mol. The highest BCUT2D eigenvalue weighted by Crippen LogP contribution is 2.36. The molecule has 1 heterocycles. The van der Waals surface area contributed by atoms with Gasteiger partial charge in [0, 0.05) is 30.2 Å². The molecule has 0 spiro atoms. The molecule has 0 saturated carbocycles. The molecule has 108 valence electrons. The highest BCUT2D eigenvalue weighted by atomic mass is 32.1. The van der Waals surface area contributed by atoms with Crippen LogP contribution in [0.15, 0.2) is 29.6 Å². The predicted octanol–water partition coefficient (Wildman–Crippen LogP) is 3.09. The largest absolute Gasteiger partial charge is 0.341 e. The first kappa shape index (κ1) is 14.1. The number of ketones is 2. The van der Waals surface area contributed by atoms with Crippen LogP contribution in [0.3, 0.4) is 0 Å². The summed E-state index contributed by atoms with van der Waals surface area (Å²) in [6.45, 7) is 2.02. The number of fused-ring (bicyclic) bond motifs is 1. The van der Waals surface area contributed by atoms with Crippen molar-refractivity contribution in [2.45, 2.75) is 12.7 Å². The van der Waals surface area contributed by atoms with Gasteiger partial charge in [-0.1, -0.05) is 6.07 Å². The number of carbonyl (C=O) groups is 2. The molecule has 0 fully saturated rings. The molecule has 1 aromatic carbocycles. The number of thiophene rings is 1. The molecule has 1 aliphatic rings. The SMILES string of the molecule is COC1(OC)C(=O)c2ccc(-c3cc(C)cs3)cc2C1=O. The van der Waals surface area contributed by atoms with Gasteiger partial charge in [0.2, 0.25) is 11.6 Å². The van der Waals surface area contributed by atoms with Gasteiger partial charge in [-0.15, -0.1) is 11.3 Å². The van der Waals surface area contributed by atoms with Gasteiger partial charge in [0.05, 0.1) is 0 Å². The molecule has 4 nitrogen and oxygen atoms in total. The van der Waals surface area contributed by atoms with Gasteiger partial charge in [-0.25, -0.2) is 0 Å². The second-order valence-electron chi connectivity index (χ2n) is 4.93. The van der Waals surface area contributed by atoms with Crippen LogP contribution in [0, 0.1) is 6.92 Å². The van der Waals surface area contributed by atoms with Crippen LogP contribution in [0.5, 0.6) is 0 Å². The van der Waals surface area contributed by atoms with Crippen molar-refractivity contribution in [1.82, 2.24) is 0 Å². The Balaban J connectivity index is 2.13. The lowest BCUT2D eigenvalue weighted by molar-refractivity contribution is -0.133. The fraction of sp³-hybridized carbons (Fsp3) is 0.250. The number of methoxy groups -OCH3 is 2. The van der Waals surface area contributed by atoms with Crippen LogP contribution in [0.2, 0.25) is 0 Å². The van der Waals surface area contributed by atoms with Crippen molar-refractivity contribution >= 4 is 22.9 Å². The van der Waals surface area contributed by atoms with Crippen molar-refractivity contribution < 1.29 is 19.1 Å². The average Bonchev–Trinajstić information content (AvgIpc) is 3.02. The van der Waals surface area contributed by atoms with Gasteiger partial charge in [0.25, 0.3) is 5.79 Å². The lowest BCUT2D eigenvalue weighted by atomic mass is 10.0. The van der Waals surface area contributed by atoms with Gasteiger partial charge in [-0.2, -0.15) is 0 Å². The van der Waals surface area contributed by atoms with E-state index in [1.165, 1.54) is 19.8 Å². The lowest BCUT2D eigenvalue weighted by Gasteiger charge is -2.21. The summed E-state index contributed by atoms with van der Waals surface area (Å²) in [5.41, 5.74) is 2.78. The van der Waals surface area contributed by atoms with Gasteiger partial charge in [0.1, 0.15) is 0 Å². The third-order valence-corrected chi connectivity index (χ3v) is 4.79. The predicted molar refractivity (Wildman–Crippen MR) is 79.9 cm³/mol. The number of Topliss-reactive ketones (excluding diaryl/α,β-unsaturated/α-hetero) is 2. The highest BCUT2D eigenvalue weighted by molar-refractivity contribution is 7.13. The third kappa shape index (κ3) is 1.89. The van der Waals surface area contributed by atoms with Gasteiger partial charge in [0.15, 0.2) is 0 Å². The van der Waals surface area contributed by atoms with Crippen molar-refractivity contribution in [3.05, 3.63) is 46.3 Å². The number of hydrogen-bond acceptors (Lipinski definition) is 5. The van der Waals surface area contributed by atoms with Gasteiger partial charge < -0.3 is 9.47 Å². The highest BCUT2D eigenvalue weighted by Gasteiger charge is 2.54. The Kier molecular flexibility index (Phi) is 3.28. The van der Waals surface area contributed by atoms with Crippen LogP contribution in [-0.2, 0) is 9.47 Å². The first-order valence-corrected chi connectivity index (χ1v) is 7.31. The Morgan fingerprint density at radius 1 is 1.00 bits per heavy atom. The van der Waals surface area contributed by atoms with E-state index in [2.05, 4.69) is 0 Å². The number of carbonyl (C=O) groups excluding carboxylic acids is 2. The van der Waals surface area contributed by atoms with Gasteiger partial charge >= 0.3 is 0 Å². The van der Waals surface area contributed by atoms with Crippen LogP contribution in [0.1, 0.15) is 26.3 Å². The van der Waals surface area contributed by atoms with Crippen molar-refractivity contribution in [3.63, 3.8) is 0 Å². The van der Waals surface area contributed by atoms with Crippen molar-refractivity contribution in [2.24, 2.45) is 0 Å². The fourth-order valence-electron chi connectivity index (χ4n) is 2.58. The Morgan fingerprint density at radius 2 is 1.67 bits per heavy atom. The van der Waals surface area contributed by atoms with E-state index in [0.717, 1.165) is 10.4 Å². The number of hydrogen-bond donors (Lipinski definition) is 0. The Bertz CT molecular complexity index is 740. The fourth-order valence-corrected chi connectivity index (χ4v) is 3.48. The molecule has 0 bridgehead atoms. The third-order valence-electron chi connectivity index (χ3n) is 3.70. The molecule has 21 heavy (non-hydrogen) atoms. The van der Waals surface area contributed by atoms with Crippen molar-refractivity contribution in [3.8, 4) is 10.4 Å². The molecule has 0 aliphatic heterocycles. The minimum atomic E-state index is -1.83. The first-order valence-electron chi connectivity index (χ1n) is 6.43. The van der Waals surface area contributed by atoms with Crippen molar-refractivity contribution in [1.29, 1.82) is 0 Å². The van der Waals surface area contributed by atoms with E-state index in [9.17, 15) is 9.59 Å². The second-order valence-corrected chi connectivity index (χ2v) is 5.84. The second kappa shape index (κ2) is 4.87. The normalized spacial score (nSPS) is 16.3. The zero-order valence-corrected chi connectivity index (χ0v) is 12.7. The average molecular weight is 302 g/mol. The molecular weight excluding hydrogens is 288 g/mol. The molecule has 0 unspecified atom stereocenters. The van der Waals surface area contributed by atoms with E-state index in [-0.39, 0.29) is 0 Å². The molecule has 0 radical (unpaired) electrons. The first-order chi connectivity index (χ1) is 10.0. The molecule has 5 heteroatoms. The topological polar surface area (TPSA) is 52.6 Å². The quantitative estimate of drug-likeness (QED) is 0.646. The van der Waals surface area contributed by atoms with Gasteiger partial charge in [-0.05, 0) is 41.6 Å². The van der Waals surface area contributed by atoms with Crippen LogP contribution in [-0.4, -0.2) is 31.6 Å². The maximum absolute atomic E-state index is 12.5. The summed E-state index contributed by atoms with van der Waals surface area (Å²) in [4.78, 5) is 25.9. The maximum Gasteiger partial charge on any atom is 0.299 e. The molecule has 0 atom stereocenters. The molecule has 3 rings (SSSR count). The zero-order valence-electron chi connectivity index (χ0n) is 11.9. The van der Waals surface area contributed by atoms with E-state index in [0.29, 0.717) is 11.1 Å². The molecule has 1 aromatic heterocycles. The van der Waals surface area contributed by atoms with Crippen molar-refractivity contribution in [2.75, 3.05) is 14.2 Å². The van der Waals surface area contributed by atoms with E-state index in [1.54, 1.807) is 23.5 Å². The number of rotatable bonds is 3. The molecular formula is C16H14O4S. The maximum atomic E-state index is 12.5. The smallest absolute Gasteiger partial charge is 0.299 e. The van der Waals surface area contributed by atoms with Crippen LogP contribution in [0.4, 0.5) is 0 Å². The molecule has 1 aliphatic carbocycles. The Hall–Kier alpha value is -1.82. The summed E-state index contributed by atoms with van der Waals surface area (Å²) >= 11 is 1.60. The van der Waals surface area contributed by atoms with Crippen LogP contribution in [0.25, 0.3) is 10.4 Å². The summed E-state index contributed by atoms with van der Waals surface area (Å²) in [6, 6.07) is 7.30. The molecule has 0 saturated heterocycles. The van der Waals surface area contributed by atoms with E-state index >= 15 is 0 Å². The van der Waals surface area contributed by atoms with Crippen LogP contribution >= 0.6 is 11.3 Å². The minimum Gasteiger partial charge on any atom is -0.341 e. The standard InChI is InChI=1S/C16H14O4S/c1-9-6-13(21-8-9)10-4-5-11-12(7-10)15(18)16(19-2,20-3)14(11)17/h4-8H,1-3H3. The molecule has 0 N–H and O–H groups in total. The van der Waals surface area contributed by atoms with E-state index < -0.39 is 17.4 Å². The number of aryl methyl sites for hydroxylation is 1. The summed E-state index contributed by atoms with van der Waals surface area (Å²) in [5, 5.41) is 2.05. The number of benzene rings is 1. The number of ether oxygens (including phenoxy) is 2. The molecule has 0 amide bonds.